The molecule has 0 aliphatic heterocycles. The molecule has 2 heteroatoms. The van der Waals surface area contributed by atoms with Crippen LogP contribution in [0.1, 0.15) is 6.92 Å². The van der Waals surface area contributed by atoms with Crippen LogP contribution in [0.3, 0.4) is 0 Å². The van der Waals surface area contributed by atoms with Crippen LogP contribution in [-0.2, 0) is 4.79 Å². The number of hydrogen-bond acceptors (Lipinski definition) is 1. The number of hydrogen-bond donors (Lipinski definition) is 0. The molecule has 0 unspecified atom stereocenters. The minimum absolute atomic E-state index is 0. The zero-order chi connectivity index (χ0) is 4.12. The molecule has 0 aliphatic rings. The van der Waals surface area contributed by atoms with Gasteiger partial charge in [-0.05, 0) is 13.0 Å². The Balaban J connectivity index is 0. The van der Waals surface area contributed by atoms with Gasteiger partial charge in [-0.25, -0.2) is 0 Å². The summed E-state index contributed by atoms with van der Waals surface area (Å²) in [5.41, 5.74) is 0. The molecule has 0 aromatic heterocycles. The van der Waals surface area contributed by atoms with E-state index in [9.17, 15) is 4.79 Å². The second-order valence-electron chi connectivity index (χ2n) is 0.662. The molecule has 0 fully saturated rings. The van der Waals surface area contributed by atoms with Crippen LogP contribution in [0.5, 0.6) is 0 Å². The summed E-state index contributed by atoms with van der Waals surface area (Å²) in [6.07, 6.45) is 3.88. The molecule has 1 nitrogen and oxygen atoms in total. The Hall–Kier alpha value is 0.670. The predicted octanol–water partition coefficient (Wildman–Crippen LogP) is 0.761. The Bertz CT molecular complexity index is 49.5. The molecule has 0 saturated carbocycles. The summed E-state index contributed by atoms with van der Waals surface area (Å²) in [6.45, 7) is 1.80. The van der Waals surface area contributed by atoms with Crippen molar-refractivity contribution in [1.29, 1.82) is 0 Å². The normalized spacial score (nSPS) is 7.50. The molecule has 0 rings (SSSR count). The molecule has 36 valence electrons. The van der Waals surface area contributed by atoms with Crippen LogP contribution in [0.25, 0.3) is 0 Å². The molecule has 0 atom stereocenters. The van der Waals surface area contributed by atoms with E-state index in [1.165, 1.54) is 6.08 Å². The van der Waals surface area contributed by atoms with Crippen LogP contribution in [0, 0.1) is 37.7 Å². The fourth-order valence-corrected chi connectivity index (χ4v) is 0.0786. The summed E-state index contributed by atoms with van der Waals surface area (Å²) in [4.78, 5) is 9.32. The standard InChI is InChI=1S/C4H6O.Ar/c1-2-3-4-5;/h2-4H,1H3;/b3-2-;. The quantitative estimate of drug-likeness (QED) is 0.359. The predicted molar refractivity (Wildman–Crippen MR) is 20.9 cm³/mol. The van der Waals surface area contributed by atoms with Crippen LogP contribution in [-0.4, -0.2) is 6.29 Å². The van der Waals surface area contributed by atoms with Gasteiger partial charge in [0.25, 0.3) is 0 Å². The average molecular weight is 110 g/mol. The zero-order valence-electron chi connectivity index (χ0n) is 3.49. The Morgan fingerprint density at radius 3 is 2.00 bits per heavy atom. The Kier molecular flexibility index (Phi) is 15.0. The molecule has 6 heavy (non-hydrogen) atoms. The SMILES string of the molecule is C/C=C\C=O.[Ar]. The van der Waals surface area contributed by atoms with E-state index in [-0.39, 0.29) is 37.7 Å². The number of rotatable bonds is 1. The molecule has 0 spiro atoms. The maximum absolute atomic E-state index is 9.32. The second kappa shape index (κ2) is 9.18. The van der Waals surface area contributed by atoms with Gasteiger partial charge < -0.3 is 0 Å². The second-order valence-corrected chi connectivity index (χ2v) is 0.662. The monoisotopic (exact) mass is 110 g/mol. The fourth-order valence-electron chi connectivity index (χ4n) is 0.0786. The van der Waals surface area contributed by atoms with E-state index in [0.717, 1.165) is 6.29 Å². The van der Waals surface area contributed by atoms with Gasteiger partial charge in [0.05, 0.1) is 0 Å². The summed E-state index contributed by atoms with van der Waals surface area (Å²) in [6, 6.07) is 0. The molecule has 0 saturated heterocycles. The molecule has 0 N–H and O–H groups in total. The van der Waals surface area contributed by atoms with Crippen molar-refractivity contribution < 1.29 is 42.5 Å². The average Bonchev–Trinajstić information content (AvgIpc) is 1.41. The van der Waals surface area contributed by atoms with Crippen LogP contribution >= 0.6 is 0 Å². The van der Waals surface area contributed by atoms with Gasteiger partial charge in [-0.15, -0.1) is 0 Å². The van der Waals surface area contributed by atoms with Crippen molar-refractivity contribution in [2.24, 2.45) is 0 Å². The first kappa shape index (κ1) is 9.83. The van der Waals surface area contributed by atoms with Gasteiger partial charge >= 0.3 is 0 Å². The Morgan fingerprint density at radius 2 is 2.00 bits per heavy atom. The Morgan fingerprint density at radius 1 is 1.50 bits per heavy atom. The molecule has 0 aliphatic carbocycles. The van der Waals surface area contributed by atoms with Crippen molar-refractivity contribution in [2.75, 3.05) is 0 Å². The van der Waals surface area contributed by atoms with Crippen molar-refractivity contribution in [3.63, 3.8) is 0 Å². The zero-order valence-corrected chi connectivity index (χ0v) is 4.20. The van der Waals surface area contributed by atoms with Gasteiger partial charge in [-0.2, -0.15) is 0 Å². The minimum Gasteiger partial charge on any atom is -0.299 e. The van der Waals surface area contributed by atoms with Crippen molar-refractivity contribution in [3.8, 4) is 0 Å². The largest absolute Gasteiger partial charge is 0.299 e. The molecule has 0 aromatic carbocycles. The summed E-state index contributed by atoms with van der Waals surface area (Å²) < 4.78 is 0. The van der Waals surface area contributed by atoms with Gasteiger partial charge in [0.15, 0.2) is 0 Å². The van der Waals surface area contributed by atoms with Gasteiger partial charge in [0.1, 0.15) is 6.29 Å². The maximum Gasteiger partial charge on any atom is 0.142 e. The maximum atomic E-state index is 9.32. The molecule has 0 radical (unpaired) electrons. The summed E-state index contributed by atoms with van der Waals surface area (Å²) in [5, 5.41) is 0. The third-order valence-electron chi connectivity index (χ3n) is 0.271. The smallest absolute Gasteiger partial charge is 0.142 e. The molecular weight excluding hydrogens is 104 g/mol. The van der Waals surface area contributed by atoms with Crippen LogP contribution in [0.2, 0.25) is 0 Å². The fraction of sp³-hybridized carbons (Fsp3) is 0.250. The molecular formula is C4H6ArO. The van der Waals surface area contributed by atoms with Crippen LogP contribution in [0.4, 0.5) is 0 Å². The summed E-state index contributed by atoms with van der Waals surface area (Å²) >= 11 is 0. The van der Waals surface area contributed by atoms with Gasteiger partial charge in [-0.1, -0.05) is 6.08 Å². The van der Waals surface area contributed by atoms with E-state index in [1.807, 2.05) is 0 Å². The molecule has 0 heterocycles. The molecule has 0 aromatic rings. The number of allylic oxidation sites excluding steroid dienone is 2. The third kappa shape index (κ3) is 8.82. The number of carbonyl (C=O) groups excluding carboxylic acids is 1. The first-order valence-electron chi connectivity index (χ1n) is 1.48. The van der Waals surface area contributed by atoms with Crippen LogP contribution < -0.4 is 0 Å². The summed E-state index contributed by atoms with van der Waals surface area (Å²) in [5.74, 6) is 0. The van der Waals surface area contributed by atoms with Crippen molar-refractivity contribution in [1.82, 2.24) is 0 Å². The van der Waals surface area contributed by atoms with E-state index >= 15 is 0 Å². The van der Waals surface area contributed by atoms with E-state index in [2.05, 4.69) is 0 Å². The van der Waals surface area contributed by atoms with E-state index < -0.39 is 0 Å². The van der Waals surface area contributed by atoms with Crippen molar-refractivity contribution in [3.05, 3.63) is 12.2 Å². The topological polar surface area (TPSA) is 17.1 Å². The first-order valence-corrected chi connectivity index (χ1v) is 1.48. The minimum atomic E-state index is 0. The van der Waals surface area contributed by atoms with Crippen molar-refractivity contribution in [2.45, 2.75) is 6.92 Å². The van der Waals surface area contributed by atoms with Crippen LogP contribution in [0.15, 0.2) is 12.2 Å². The number of carbonyl (C=O) groups is 1. The number of aldehydes is 1. The molecule has 0 amide bonds. The molecule has 0 bridgehead atoms. The van der Waals surface area contributed by atoms with Crippen molar-refractivity contribution >= 4 is 6.29 Å². The first-order chi connectivity index (χ1) is 2.41. The van der Waals surface area contributed by atoms with Gasteiger partial charge in [-0.3, -0.25) is 4.79 Å². The van der Waals surface area contributed by atoms with Gasteiger partial charge in [0, 0.05) is 37.7 Å². The third-order valence-corrected chi connectivity index (χ3v) is 0.271. The van der Waals surface area contributed by atoms with E-state index in [4.69, 9.17) is 0 Å². The summed E-state index contributed by atoms with van der Waals surface area (Å²) in [7, 11) is 0. The van der Waals surface area contributed by atoms with E-state index in [0.29, 0.717) is 0 Å². The Labute approximate surface area is 67.4 Å². The van der Waals surface area contributed by atoms with E-state index in [1.54, 1.807) is 13.0 Å². The van der Waals surface area contributed by atoms with Gasteiger partial charge in [0.2, 0.25) is 0 Å².